The first-order valence-corrected chi connectivity index (χ1v) is 7.82. The number of nitrogens with one attached hydrogen (secondary N) is 1. The number of benzene rings is 1. The van der Waals surface area contributed by atoms with Crippen molar-refractivity contribution in [2.45, 2.75) is 39.8 Å². The van der Waals surface area contributed by atoms with Crippen molar-refractivity contribution in [3.05, 3.63) is 22.6 Å². The number of hydrogen-bond donors (Lipinski definition) is 1. The van der Waals surface area contributed by atoms with Gasteiger partial charge in [0, 0.05) is 27.7 Å². The molecule has 0 bridgehead atoms. The molecule has 1 aliphatic rings. The van der Waals surface area contributed by atoms with E-state index in [1.165, 1.54) is 20.5 Å². The molecule has 1 N–H and O–H groups in total. The second kappa shape index (κ2) is 4.93. The molecule has 108 valence electrons. The Labute approximate surface area is 123 Å². The van der Waals surface area contributed by atoms with E-state index in [9.17, 15) is 0 Å². The third-order valence-electron chi connectivity index (χ3n) is 3.48. The second-order valence-corrected chi connectivity index (χ2v) is 7.38. The van der Waals surface area contributed by atoms with Crippen molar-refractivity contribution in [1.82, 2.24) is 5.32 Å². The van der Waals surface area contributed by atoms with Gasteiger partial charge >= 0.3 is 0 Å². The second-order valence-electron chi connectivity index (χ2n) is 6.25. The molecule has 1 aromatic heterocycles. The largest absolute Gasteiger partial charge is 0.486 e. The predicted octanol–water partition coefficient (Wildman–Crippen LogP) is 3.87. The Balaban J connectivity index is 1.97. The average Bonchev–Trinajstić information content (AvgIpc) is 2.70. The number of thiophene rings is 1. The molecule has 20 heavy (non-hydrogen) atoms. The zero-order valence-corrected chi connectivity index (χ0v) is 13.3. The maximum Gasteiger partial charge on any atom is 0.162 e. The van der Waals surface area contributed by atoms with Crippen LogP contribution in [0.5, 0.6) is 11.5 Å². The lowest BCUT2D eigenvalue weighted by Crippen LogP contribution is -2.34. The Hall–Kier alpha value is -1.26. The molecule has 4 heteroatoms. The maximum atomic E-state index is 5.67. The molecule has 2 aromatic rings. The van der Waals surface area contributed by atoms with Gasteiger partial charge in [0.25, 0.3) is 0 Å². The molecule has 2 heterocycles. The Morgan fingerprint density at radius 3 is 2.45 bits per heavy atom. The highest BCUT2D eigenvalue weighted by atomic mass is 32.1. The van der Waals surface area contributed by atoms with Crippen LogP contribution >= 0.6 is 11.3 Å². The normalized spacial score (nSPS) is 14.8. The molecule has 3 nitrogen and oxygen atoms in total. The van der Waals surface area contributed by atoms with Crippen molar-refractivity contribution < 1.29 is 9.47 Å². The first kappa shape index (κ1) is 13.7. The quantitative estimate of drug-likeness (QED) is 0.911. The number of fused-ring (bicyclic) bond motifs is 2. The van der Waals surface area contributed by atoms with E-state index in [1.807, 2.05) is 11.3 Å². The van der Waals surface area contributed by atoms with Crippen LogP contribution in [0.2, 0.25) is 0 Å². The van der Waals surface area contributed by atoms with Crippen LogP contribution in [0.1, 0.15) is 31.2 Å². The molecular formula is C16H21NO2S. The molecule has 0 spiro atoms. The van der Waals surface area contributed by atoms with Crippen LogP contribution in [0.25, 0.3) is 10.1 Å². The zero-order valence-electron chi connectivity index (χ0n) is 12.5. The number of aryl methyl sites for hydroxylation is 1. The lowest BCUT2D eigenvalue weighted by molar-refractivity contribution is 0.172. The van der Waals surface area contributed by atoms with Crippen LogP contribution in [0.15, 0.2) is 12.1 Å². The monoisotopic (exact) mass is 291 g/mol. The summed E-state index contributed by atoms with van der Waals surface area (Å²) in [5.41, 5.74) is 1.48. The third kappa shape index (κ3) is 2.63. The SMILES string of the molecule is Cc1c(CNC(C)(C)C)sc2cc3c(cc12)OCCO3. The summed E-state index contributed by atoms with van der Waals surface area (Å²) >= 11 is 1.84. The van der Waals surface area contributed by atoms with Gasteiger partial charge in [-0.3, -0.25) is 0 Å². The van der Waals surface area contributed by atoms with Gasteiger partial charge in [-0.15, -0.1) is 11.3 Å². The topological polar surface area (TPSA) is 30.5 Å². The summed E-state index contributed by atoms with van der Waals surface area (Å²) < 4.78 is 12.6. The minimum atomic E-state index is 0.133. The maximum absolute atomic E-state index is 5.67. The molecule has 0 atom stereocenters. The van der Waals surface area contributed by atoms with Crippen molar-refractivity contribution in [3.63, 3.8) is 0 Å². The smallest absolute Gasteiger partial charge is 0.162 e. The fourth-order valence-electron chi connectivity index (χ4n) is 2.32. The van der Waals surface area contributed by atoms with Gasteiger partial charge in [0.1, 0.15) is 13.2 Å². The molecule has 0 aliphatic carbocycles. The Kier molecular flexibility index (Phi) is 3.38. The van der Waals surface area contributed by atoms with Crippen molar-refractivity contribution >= 4 is 21.4 Å². The Morgan fingerprint density at radius 1 is 1.15 bits per heavy atom. The molecule has 0 saturated heterocycles. The lowest BCUT2D eigenvalue weighted by atomic mass is 10.1. The van der Waals surface area contributed by atoms with Gasteiger partial charge in [0.05, 0.1) is 0 Å². The van der Waals surface area contributed by atoms with Crippen molar-refractivity contribution in [3.8, 4) is 11.5 Å². The van der Waals surface area contributed by atoms with Crippen LogP contribution in [0.4, 0.5) is 0 Å². The van der Waals surface area contributed by atoms with E-state index < -0.39 is 0 Å². The minimum absolute atomic E-state index is 0.133. The molecule has 0 saturated carbocycles. The van der Waals surface area contributed by atoms with Gasteiger partial charge in [-0.25, -0.2) is 0 Å². The van der Waals surface area contributed by atoms with E-state index in [0.717, 1.165) is 18.0 Å². The molecule has 0 unspecified atom stereocenters. The summed E-state index contributed by atoms with van der Waals surface area (Å²) in [5.74, 6) is 1.75. The predicted molar refractivity (Wildman–Crippen MR) is 84.1 cm³/mol. The van der Waals surface area contributed by atoms with Gasteiger partial charge < -0.3 is 14.8 Å². The first-order chi connectivity index (χ1) is 9.44. The first-order valence-electron chi connectivity index (χ1n) is 7.01. The van der Waals surface area contributed by atoms with E-state index in [0.29, 0.717) is 13.2 Å². The van der Waals surface area contributed by atoms with Crippen LogP contribution in [-0.4, -0.2) is 18.8 Å². The lowest BCUT2D eigenvalue weighted by Gasteiger charge is -2.20. The van der Waals surface area contributed by atoms with E-state index in [-0.39, 0.29) is 5.54 Å². The van der Waals surface area contributed by atoms with Crippen LogP contribution in [0.3, 0.4) is 0 Å². The van der Waals surface area contributed by atoms with Crippen molar-refractivity contribution in [2.75, 3.05) is 13.2 Å². The van der Waals surface area contributed by atoms with E-state index >= 15 is 0 Å². The van der Waals surface area contributed by atoms with Gasteiger partial charge in [-0.2, -0.15) is 0 Å². The highest BCUT2D eigenvalue weighted by Crippen LogP contribution is 2.40. The summed E-state index contributed by atoms with van der Waals surface area (Å²) in [5, 5.41) is 4.84. The molecule has 1 aromatic carbocycles. The summed E-state index contributed by atoms with van der Waals surface area (Å²) in [4.78, 5) is 1.39. The Morgan fingerprint density at radius 2 is 1.80 bits per heavy atom. The van der Waals surface area contributed by atoms with Gasteiger partial charge in [0.15, 0.2) is 11.5 Å². The van der Waals surface area contributed by atoms with Gasteiger partial charge in [-0.05, 0) is 44.7 Å². The molecule has 0 fully saturated rings. The summed E-state index contributed by atoms with van der Waals surface area (Å²) in [7, 11) is 0. The fourth-order valence-corrected chi connectivity index (χ4v) is 3.48. The number of ether oxygens (including phenoxy) is 2. The zero-order chi connectivity index (χ0) is 14.3. The molecule has 1 aliphatic heterocycles. The van der Waals surface area contributed by atoms with E-state index in [2.05, 4.69) is 45.1 Å². The van der Waals surface area contributed by atoms with E-state index in [4.69, 9.17) is 9.47 Å². The van der Waals surface area contributed by atoms with Crippen LogP contribution < -0.4 is 14.8 Å². The standard InChI is InChI=1S/C16H21NO2S/c1-10-11-7-12-13(19-6-5-18-12)8-14(11)20-15(10)9-17-16(2,3)4/h7-8,17H,5-6,9H2,1-4H3. The molecular weight excluding hydrogens is 270 g/mol. The summed E-state index contributed by atoms with van der Waals surface area (Å²) in [6.07, 6.45) is 0. The summed E-state index contributed by atoms with van der Waals surface area (Å²) in [6, 6.07) is 4.23. The highest BCUT2D eigenvalue weighted by Gasteiger charge is 2.17. The van der Waals surface area contributed by atoms with Gasteiger partial charge in [0.2, 0.25) is 0 Å². The van der Waals surface area contributed by atoms with Gasteiger partial charge in [-0.1, -0.05) is 0 Å². The fraction of sp³-hybridized carbons (Fsp3) is 0.500. The average molecular weight is 291 g/mol. The number of rotatable bonds is 2. The number of hydrogen-bond acceptors (Lipinski definition) is 4. The third-order valence-corrected chi connectivity index (χ3v) is 4.73. The van der Waals surface area contributed by atoms with E-state index in [1.54, 1.807) is 0 Å². The molecule has 3 rings (SSSR count). The van der Waals surface area contributed by atoms with Crippen molar-refractivity contribution in [2.24, 2.45) is 0 Å². The van der Waals surface area contributed by atoms with Crippen molar-refractivity contribution in [1.29, 1.82) is 0 Å². The summed E-state index contributed by atoms with van der Waals surface area (Å²) in [6.45, 7) is 10.9. The minimum Gasteiger partial charge on any atom is -0.486 e. The highest BCUT2D eigenvalue weighted by molar-refractivity contribution is 7.19. The molecule has 0 amide bonds. The van der Waals surface area contributed by atoms with Crippen LogP contribution in [0, 0.1) is 6.92 Å². The molecule has 0 radical (unpaired) electrons. The Bertz CT molecular complexity index is 640. The van der Waals surface area contributed by atoms with Crippen LogP contribution in [-0.2, 0) is 6.54 Å².